The van der Waals surface area contributed by atoms with E-state index in [2.05, 4.69) is 21.9 Å². The molecule has 4 aromatic rings. The van der Waals surface area contributed by atoms with Crippen LogP contribution in [0, 0.1) is 0 Å². The van der Waals surface area contributed by atoms with Crippen LogP contribution in [-0.4, -0.2) is 24.6 Å². The normalized spacial score (nSPS) is 11.1. The summed E-state index contributed by atoms with van der Waals surface area (Å²) < 4.78 is 0. The van der Waals surface area contributed by atoms with Crippen LogP contribution >= 0.6 is 11.6 Å². The van der Waals surface area contributed by atoms with Crippen molar-refractivity contribution in [2.45, 2.75) is 0 Å². The lowest BCUT2D eigenvalue weighted by Gasteiger charge is -2.08. The van der Waals surface area contributed by atoms with Gasteiger partial charge in [0, 0.05) is 16.1 Å². The highest BCUT2D eigenvalue weighted by atomic mass is 35.5. The molecule has 5 nitrogen and oxygen atoms in total. The summed E-state index contributed by atoms with van der Waals surface area (Å²) in [6.07, 6.45) is 1.64. The highest BCUT2D eigenvalue weighted by Crippen LogP contribution is 2.27. The van der Waals surface area contributed by atoms with Crippen molar-refractivity contribution in [3.63, 3.8) is 0 Å². The maximum absolute atomic E-state index is 12.1. The van der Waals surface area contributed by atoms with Gasteiger partial charge in [0.15, 0.2) is 0 Å². The number of hydrogen-bond acceptors (Lipinski definition) is 3. The molecule has 0 fully saturated rings. The largest absolute Gasteiger partial charge is 0.343 e. The van der Waals surface area contributed by atoms with Crippen molar-refractivity contribution in [1.82, 2.24) is 10.7 Å². The van der Waals surface area contributed by atoms with Gasteiger partial charge in [0.25, 0.3) is 11.8 Å². The van der Waals surface area contributed by atoms with Gasteiger partial charge in [-0.05, 0) is 51.9 Å². The van der Waals surface area contributed by atoms with Crippen LogP contribution < -0.4 is 10.7 Å². The molecule has 2 amide bonds. The van der Waals surface area contributed by atoms with Gasteiger partial charge in [-0.3, -0.25) is 9.59 Å². The van der Waals surface area contributed by atoms with Crippen LogP contribution in [0.2, 0.25) is 5.02 Å². The molecule has 4 aromatic carbocycles. The smallest absolute Gasteiger partial charge is 0.259 e. The summed E-state index contributed by atoms with van der Waals surface area (Å²) in [5, 5.41) is 11.5. The van der Waals surface area contributed by atoms with Crippen LogP contribution in [0.4, 0.5) is 0 Å². The zero-order valence-corrected chi connectivity index (χ0v) is 16.7. The molecule has 0 saturated heterocycles. The number of benzene rings is 4. The zero-order valence-electron chi connectivity index (χ0n) is 15.9. The lowest BCUT2D eigenvalue weighted by atomic mass is 9.97. The van der Waals surface area contributed by atoms with Crippen LogP contribution in [0.3, 0.4) is 0 Å². The maximum atomic E-state index is 12.1. The molecule has 30 heavy (non-hydrogen) atoms. The molecule has 0 bridgehead atoms. The minimum atomic E-state index is -0.418. The summed E-state index contributed by atoms with van der Waals surface area (Å²) in [6, 6.07) is 24.6. The molecule has 0 unspecified atom stereocenters. The third-order valence-electron chi connectivity index (χ3n) is 4.71. The summed E-state index contributed by atoms with van der Waals surface area (Å²) in [4.78, 5) is 24.2. The van der Waals surface area contributed by atoms with Crippen LogP contribution in [0.1, 0.15) is 15.9 Å². The van der Waals surface area contributed by atoms with E-state index in [1.54, 1.807) is 30.5 Å². The summed E-state index contributed by atoms with van der Waals surface area (Å²) >= 11 is 5.81. The Labute approximate surface area is 178 Å². The van der Waals surface area contributed by atoms with Crippen molar-refractivity contribution in [2.24, 2.45) is 5.10 Å². The molecule has 4 rings (SSSR count). The van der Waals surface area contributed by atoms with Gasteiger partial charge in [0.1, 0.15) is 0 Å². The lowest BCUT2D eigenvalue weighted by molar-refractivity contribution is -0.120. The molecule has 0 saturated carbocycles. The number of fused-ring (bicyclic) bond motifs is 2. The number of carbonyl (C=O) groups is 2. The number of rotatable bonds is 5. The van der Waals surface area contributed by atoms with E-state index in [0.29, 0.717) is 10.6 Å². The van der Waals surface area contributed by atoms with Gasteiger partial charge in [-0.1, -0.05) is 60.1 Å². The molecule has 6 heteroatoms. The average Bonchev–Trinajstić information content (AvgIpc) is 2.77. The molecule has 2 N–H and O–H groups in total. The third-order valence-corrected chi connectivity index (χ3v) is 4.96. The molecule has 0 aliphatic rings. The van der Waals surface area contributed by atoms with Crippen LogP contribution in [0.15, 0.2) is 84.0 Å². The Kier molecular flexibility index (Phi) is 5.72. The Hall–Kier alpha value is -3.70. The fourth-order valence-electron chi connectivity index (χ4n) is 3.26. The second-order valence-electron chi connectivity index (χ2n) is 6.72. The SMILES string of the molecule is O=C(CNC(=O)c1ccc(Cl)cc1)NN=Cc1c2ccccc2cc2ccccc12. The summed E-state index contributed by atoms with van der Waals surface area (Å²) in [6.45, 7) is -0.185. The summed E-state index contributed by atoms with van der Waals surface area (Å²) in [7, 11) is 0. The van der Waals surface area contributed by atoms with E-state index in [9.17, 15) is 9.59 Å². The second-order valence-corrected chi connectivity index (χ2v) is 7.15. The van der Waals surface area contributed by atoms with E-state index < -0.39 is 5.91 Å². The molecular formula is C24H18ClN3O2. The van der Waals surface area contributed by atoms with Gasteiger partial charge in [0.05, 0.1) is 12.8 Å². The number of halogens is 1. The van der Waals surface area contributed by atoms with E-state index in [4.69, 9.17) is 11.6 Å². The Bertz CT molecular complexity index is 1210. The first-order chi connectivity index (χ1) is 14.6. The first-order valence-electron chi connectivity index (χ1n) is 9.38. The molecule has 0 aromatic heterocycles. The van der Waals surface area contributed by atoms with Crippen molar-refractivity contribution < 1.29 is 9.59 Å². The third kappa shape index (κ3) is 4.31. The van der Waals surface area contributed by atoms with E-state index in [1.807, 2.05) is 48.5 Å². The minimum absolute atomic E-state index is 0.185. The number of nitrogens with zero attached hydrogens (tertiary/aromatic N) is 1. The predicted molar refractivity (Wildman–Crippen MR) is 121 cm³/mol. The quantitative estimate of drug-likeness (QED) is 0.285. The number of hydrogen-bond donors (Lipinski definition) is 2. The van der Waals surface area contributed by atoms with Gasteiger partial charge in [-0.15, -0.1) is 0 Å². The Morgan fingerprint density at radius 3 is 2.10 bits per heavy atom. The van der Waals surface area contributed by atoms with Gasteiger partial charge in [0.2, 0.25) is 0 Å². The zero-order chi connectivity index (χ0) is 20.9. The summed E-state index contributed by atoms with van der Waals surface area (Å²) in [5.74, 6) is -0.774. The Morgan fingerprint density at radius 1 is 0.867 bits per heavy atom. The van der Waals surface area contributed by atoms with E-state index in [1.165, 1.54) is 0 Å². The van der Waals surface area contributed by atoms with E-state index >= 15 is 0 Å². The summed E-state index contributed by atoms with van der Waals surface area (Å²) in [5.41, 5.74) is 3.82. The van der Waals surface area contributed by atoms with E-state index in [-0.39, 0.29) is 12.5 Å². The molecular weight excluding hydrogens is 398 g/mol. The molecule has 0 aliphatic heterocycles. The number of nitrogens with one attached hydrogen (secondary N) is 2. The van der Waals surface area contributed by atoms with Gasteiger partial charge >= 0.3 is 0 Å². The van der Waals surface area contributed by atoms with E-state index in [0.717, 1.165) is 27.1 Å². The van der Waals surface area contributed by atoms with Crippen LogP contribution in [-0.2, 0) is 4.79 Å². The van der Waals surface area contributed by atoms with Crippen molar-refractivity contribution in [3.05, 3.63) is 95.0 Å². The molecule has 0 radical (unpaired) electrons. The molecule has 148 valence electrons. The predicted octanol–water partition coefficient (Wildman–Crippen LogP) is 4.53. The highest BCUT2D eigenvalue weighted by Gasteiger charge is 2.08. The molecule has 0 aliphatic carbocycles. The number of amides is 2. The first-order valence-corrected chi connectivity index (χ1v) is 9.76. The van der Waals surface area contributed by atoms with Crippen molar-refractivity contribution in [2.75, 3.05) is 6.54 Å². The Balaban J connectivity index is 1.46. The lowest BCUT2D eigenvalue weighted by Crippen LogP contribution is -2.34. The molecule has 0 heterocycles. The maximum Gasteiger partial charge on any atom is 0.259 e. The molecule has 0 atom stereocenters. The van der Waals surface area contributed by atoms with Gasteiger partial charge in [-0.2, -0.15) is 5.10 Å². The van der Waals surface area contributed by atoms with Crippen molar-refractivity contribution >= 4 is 51.2 Å². The van der Waals surface area contributed by atoms with Crippen LogP contribution in [0.25, 0.3) is 21.5 Å². The standard InChI is InChI=1S/C24H18ClN3O2/c25-19-11-9-16(10-12-19)24(30)26-15-23(29)28-27-14-22-20-7-3-1-5-17(20)13-18-6-2-4-8-21(18)22/h1-14H,15H2,(H,26,30)(H,28,29). The highest BCUT2D eigenvalue weighted by molar-refractivity contribution is 6.30. The van der Waals surface area contributed by atoms with Crippen molar-refractivity contribution in [3.8, 4) is 0 Å². The number of carbonyl (C=O) groups excluding carboxylic acids is 2. The van der Waals surface area contributed by atoms with Gasteiger partial charge in [-0.25, -0.2) is 5.43 Å². The minimum Gasteiger partial charge on any atom is -0.343 e. The Morgan fingerprint density at radius 2 is 1.47 bits per heavy atom. The number of hydrazone groups is 1. The topological polar surface area (TPSA) is 70.6 Å². The van der Waals surface area contributed by atoms with Gasteiger partial charge < -0.3 is 5.32 Å². The second kappa shape index (κ2) is 8.76. The average molecular weight is 416 g/mol. The fourth-order valence-corrected chi connectivity index (χ4v) is 3.39. The fraction of sp³-hybridized carbons (Fsp3) is 0.0417. The molecule has 0 spiro atoms. The van der Waals surface area contributed by atoms with Crippen molar-refractivity contribution in [1.29, 1.82) is 0 Å². The first kappa shape index (κ1) is 19.6. The van der Waals surface area contributed by atoms with Crippen LogP contribution in [0.5, 0.6) is 0 Å². The monoisotopic (exact) mass is 415 g/mol.